The minimum atomic E-state index is 0.137. The zero-order chi connectivity index (χ0) is 17.2. The van der Waals surface area contributed by atoms with Crippen LogP contribution in [0.3, 0.4) is 0 Å². The third-order valence-electron chi connectivity index (χ3n) is 4.60. The van der Waals surface area contributed by atoms with Crippen LogP contribution in [0.4, 0.5) is 11.6 Å². The van der Waals surface area contributed by atoms with Gasteiger partial charge < -0.3 is 5.32 Å². The number of Topliss-reactive ketones (excluding diaryl/α,β-unsaturated/α-hetero) is 1. The Morgan fingerprint density at radius 2 is 2.04 bits per heavy atom. The lowest BCUT2D eigenvalue weighted by atomic mass is 9.86. The Bertz CT molecular complexity index is 888. The van der Waals surface area contributed by atoms with E-state index in [0.29, 0.717) is 17.9 Å². The van der Waals surface area contributed by atoms with Crippen molar-refractivity contribution in [2.45, 2.75) is 32.1 Å². The van der Waals surface area contributed by atoms with E-state index in [4.69, 9.17) is 0 Å². The molecule has 1 atom stereocenters. The van der Waals surface area contributed by atoms with Gasteiger partial charge in [0.05, 0.1) is 11.3 Å². The summed E-state index contributed by atoms with van der Waals surface area (Å²) in [5, 5.41) is 5.30. The Kier molecular flexibility index (Phi) is 4.32. The van der Waals surface area contributed by atoms with Gasteiger partial charge in [0.25, 0.3) is 0 Å². The van der Waals surface area contributed by atoms with Crippen molar-refractivity contribution in [2.24, 2.45) is 0 Å². The predicted octanol–water partition coefficient (Wildman–Crippen LogP) is 4.76. The van der Waals surface area contributed by atoms with Gasteiger partial charge in [-0.2, -0.15) is 0 Å². The minimum absolute atomic E-state index is 0.137. The molecule has 3 aromatic rings. The maximum absolute atomic E-state index is 12.4. The second kappa shape index (κ2) is 6.76. The highest BCUT2D eigenvalue weighted by Gasteiger charge is 2.28. The van der Waals surface area contributed by atoms with E-state index in [0.717, 1.165) is 24.2 Å². The third-order valence-corrected chi connectivity index (χ3v) is 5.64. The molecule has 2 heterocycles. The highest BCUT2D eigenvalue weighted by molar-refractivity contribution is 7.10. The molecule has 1 N–H and O–H groups in total. The number of anilines is 2. The van der Waals surface area contributed by atoms with Crippen molar-refractivity contribution in [1.82, 2.24) is 9.97 Å². The Balaban J connectivity index is 1.58. The number of rotatable bonds is 4. The molecule has 1 aliphatic rings. The average molecular weight is 349 g/mol. The molecule has 0 amide bonds. The summed E-state index contributed by atoms with van der Waals surface area (Å²) in [5.41, 5.74) is 3.76. The summed E-state index contributed by atoms with van der Waals surface area (Å²) in [6.45, 7) is 2.13. The summed E-state index contributed by atoms with van der Waals surface area (Å²) in [4.78, 5) is 22.6. The molecule has 1 aliphatic carbocycles. The molecule has 0 saturated carbocycles. The molecule has 4 rings (SSSR count). The number of carbonyl (C=O) groups excluding carboxylic acids is 1. The van der Waals surface area contributed by atoms with Gasteiger partial charge in [0.2, 0.25) is 5.95 Å². The molecule has 0 radical (unpaired) electrons. The molecule has 25 heavy (non-hydrogen) atoms. The third kappa shape index (κ3) is 3.33. The van der Waals surface area contributed by atoms with Crippen molar-refractivity contribution in [3.05, 3.63) is 69.7 Å². The molecule has 0 bridgehead atoms. The summed E-state index contributed by atoms with van der Waals surface area (Å²) in [6.07, 6.45) is 4.01. The van der Waals surface area contributed by atoms with Crippen LogP contribution in [0.5, 0.6) is 0 Å². The van der Waals surface area contributed by atoms with Gasteiger partial charge in [-0.1, -0.05) is 25.1 Å². The molecule has 0 saturated heterocycles. The van der Waals surface area contributed by atoms with Gasteiger partial charge in [0.1, 0.15) is 0 Å². The number of benzene rings is 1. The number of aryl methyl sites for hydroxylation is 1. The second-order valence-electron chi connectivity index (χ2n) is 6.27. The number of carbonyl (C=O) groups is 1. The number of fused-ring (bicyclic) bond motifs is 1. The second-order valence-corrected chi connectivity index (χ2v) is 7.25. The zero-order valence-electron chi connectivity index (χ0n) is 14.0. The SMILES string of the molecule is CCc1ccc(Nc2ncc3c(n2)C[C@H](c2cccs2)CC3=O)cc1. The zero-order valence-corrected chi connectivity index (χ0v) is 14.8. The van der Waals surface area contributed by atoms with Crippen LogP contribution < -0.4 is 5.32 Å². The van der Waals surface area contributed by atoms with E-state index in [9.17, 15) is 4.79 Å². The molecule has 4 nitrogen and oxygen atoms in total. The summed E-state index contributed by atoms with van der Waals surface area (Å²) < 4.78 is 0. The Morgan fingerprint density at radius 1 is 1.20 bits per heavy atom. The predicted molar refractivity (Wildman–Crippen MR) is 101 cm³/mol. The fraction of sp³-hybridized carbons (Fsp3) is 0.250. The first-order valence-corrected chi connectivity index (χ1v) is 9.39. The van der Waals surface area contributed by atoms with Gasteiger partial charge in [-0.25, -0.2) is 9.97 Å². The summed E-state index contributed by atoms with van der Waals surface area (Å²) in [6, 6.07) is 12.4. The van der Waals surface area contributed by atoms with E-state index < -0.39 is 0 Å². The van der Waals surface area contributed by atoms with Crippen LogP contribution in [0.15, 0.2) is 48.0 Å². The van der Waals surface area contributed by atoms with Crippen molar-refractivity contribution in [3.63, 3.8) is 0 Å². The Hall–Kier alpha value is -2.53. The van der Waals surface area contributed by atoms with Crippen molar-refractivity contribution >= 4 is 28.8 Å². The molecule has 5 heteroatoms. The quantitative estimate of drug-likeness (QED) is 0.738. The molecule has 0 aliphatic heterocycles. The fourth-order valence-electron chi connectivity index (χ4n) is 3.18. The Labute approximate surface area is 151 Å². The van der Waals surface area contributed by atoms with Gasteiger partial charge in [0.15, 0.2) is 5.78 Å². The minimum Gasteiger partial charge on any atom is -0.324 e. The number of hydrogen-bond acceptors (Lipinski definition) is 5. The van der Waals surface area contributed by atoms with E-state index in [1.54, 1.807) is 17.5 Å². The standard InChI is InChI=1S/C20H19N3OS/c1-2-13-5-7-15(8-6-13)22-20-21-12-16-17(23-20)10-14(11-18(16)24)19-4-3-9-25-19/h3-9,12,14H,2,10-11H2,1H3,(H,21,22,23)/t14-/m0/s1. The van der Waals surface area contributed by atoms with Crippen LogP contribution in [0.25, 0.3) is 0 Å². The molecular formula is C20H19N3OS. The number of hydrogen-bond donors (Lipinski definition) is 1. The van der Waals surface area contributed by atoms with Gasteiger partial charge in [0, 0.05) is 29.1 Å². The molecule has 2 aromatic heterocycles. The molecule has 0 fully saturated rings. The number of aromatic nitrogens is 2. The van der Waals surface area contributed by atoms with Crippen LogP contribution in [-0.4, -0.2) is 15.8 Å². The van der Waals surface area contributed by atoms with E-state index in [1.165, 1.54) is 10.4 Å². The van der Waals surface area contributed by atoms with E-state index >= 15 is 0 Å². The lowest BCUT2D eigenvalue weighted by Gasteiger charge is -2.22. The van der Waals surface area contributed by atoms with Gasteiger partial charge in [-0.05, 0) is 42.0 Å². The number of thiophene rings is 1. The van der Waals surface area contributed by atoms with Crippen molar-refractivity contribution in [1.29, 1.82) is 0 Å². The highest BCUT2D eigenvalue weighted by atomic mass is 32.1. The first-order valence-electron chi connectivity index (χ1n) is 8.51. The summed E-state index contributed by atoms with van der Waals surface area (Å²) in [5.74, 6) is 0.910. The maximum Gasteiger partial charge on any atom is 0.227 e. The van der Waals surface area contributed by atoms with E-state index in [2.05, 4.69) is 45.8 Å². The molecule has 0 unspecified atom stereocenters. The molecular weight excluding hydrogens is 330 g/mol. The molecule has 126 valence electrons. The topological polar surface area (TPSA) is 54.9 Å². The largest absolute Gasteiger partial charge is 0.324 e. The van der Waals surface area contributed by atoms with E-state index in [1.807, 2.05) is 18.2 Å². The van der Waals surface area contributed by atoms with Crippen molar-refractivity contribution in [3.8, 4) is 0 Å². The first-order chi connectivity index (χ1) is 12.2. The van der Waals surface area contributed by atoms with Gasteiger partial charge in [-0.15, -0.1) is 11.3 Å². The van der Waals surface area contributed by atoms with Crippen molar-refractivity contribution in [2.75, 3.05) is 5.32 Å². The fourth-order valence-corrected chi connectivity index (χ4v) is 4.01. The van der Waals surface area contributed by atoms with Crippen LogP contribution in [0.1, 0.15) is 45.8 Å². The Morgan fingerprint density at radius 3 is 2.76 bits per heavy atom. The molecule has 1 aromatic carbocycles. The monoisotopic (exact) mass is 349 g/mol. The van der Waals surface area contributed by atoms with Crippen molar-refractivity contribution < 1.29 is 4.79 Å². The summed E-state index contributed by atoms with van der Waals surface area (Å²) >= 11 is 1.71. The molecule has 0 spiro atoms. The average Bonchev–Trinajstić information content (AvgIpc) is 3.17. The van der Waals surface area contributed by atoms with Crippen LogP contribution in [0.2, 0.25) is 0 Å². The number of nitrogens with zero attached hydrogens (tertiary/aromatic N) is 2. The lowest BCUT2D eigenvalue weighted by molar-refractivity contribution is 0.0963. The number of ketones is 1. The maximum atomic E-state index is 12.4. The highest BCUT2D eigenvalue weighted by Crippen LogP contribution is 2.34. The number of nitrogens with one attached hydrogen (secondary N) is 1. The lowest BCUT2D eigenvalue weighted by Crippen LogP contribution is -2.20. The van der Waals surface area contributed by atoms with E-state index in [-0.39, 0.29) is 11.7 Å². The van der Waals surface area contributed by atoms with Crippen LogP contribution >= 0.6 is 11.3 Å². The smallest absolute Gasteiger partial charge is 0.227 e. The first kappa shape index (κ1) is 16.0. The van der Waals surface area contributed by atoms with Gasteiger partial charge in [-0.3, -0.25) is 4.79 Å². The normalized spacial score (nSPS) is 16.5. The van der Waals surface area contributed by atoms with Crippen LogP contribution in [0, 0.1) is 0 Å². The van der Waals surface area contributed by atoms with Crippen LogP contribution in [-0.2, 0) is 12.8 Å². The van der Waals surface area contributed by atoms with Gasteiger partial charge >= 0.3 is 0 Å². The summed E-state index contributed by atoms with van der Waals surface area (Å²) in [7, 11) is 0.